The van der Waals surface area contributed by atoms with Crippen molar-refractivity contribution in [1.82, 2.24) is 16.0 Å². The molecule has 1 unspecified atom stereocenters. The molecule has 100 valence electrons. The zero-order valence-electron chi connectivity index (χ0n) is 10.5. The number of carbonyl (C=O) groups is 1. The smallest absolute Gasteiger partial charge is 0.239 e. The number of thiocarbonyl (C=S) groups is 1. The standard InChI is InChI=1S/C10H21N3O3S/c1-8(7-16-3)13-10(17)12-6-9(14)11-4-5-15-2/h8H,4-7H2,1-3H3,(H,11,14)(H2,12,13,17). The molecule has 0 aromatic heterocycles. The minimum atomic E-state index is -0.120. The molecule has 7 heteroatoms. The highest BCUT2D eigenvalue weighted by Gasteiger charge is 2.05. The summed E-state index contributed by atoms with van der Waals surface area (Å²) >= 11 is 5.02. The van der Waals surface area contributed by atoms with E-state index in [4.69, 9.17) is 21.7 Å². The van der Waals surface area contributed by atoms with E-state index in [1.54, 1.807) is 14.2 Å². The summed E-state index contributed by atoms with van der Waals surface area (Å²) < 4.78 is 9.76. The van der Waals surface area contributed by atoms with Gasteiger partial charge in [0.25, 0.3) is 0 Å². The molecule has 1 atom stereocenters. The largest absolute Gasteiger partial charge is 0.383 e. The fraction of sp³-hybridized carbons (Fsp3) is 0.800. The number of ether oxygens (including phenoxy) is 2. The molecule has 3 N–H and O–H groups in total. The van der Waals surface area contributed by atoms with Crippen LogP contribution >= 0.6 is 12.2 Å². The summed E-state index contributed by atoms with van der Waals surface area (Å²) in [5, 5.41) is 8.92. The van der Waals surface area contributed by atoms with Gasteiger partial charge >= 0.3 is 0 Å². The summed E-state index contributed by atoms with van der Waals surface area (Å²) in [6, 6.07) is 0.108. The minimum Gasteiger partial charge on any atom is -0.383 e. The second-order valence-electron chi connectivity index (χ2n) is 3.53. The van der Waals surface area contributed by atoms with Crippen molar-refractivity contribution in [3.05, 3.63) is 0 Å². The molecule has 1 amide bonds. The summed E-state index contributed by atoms with van der Waals surface area (Å²) in [4.78, 5) is 11.3. The van der Waals surface area contributed by atoms with Crippen LogP contribution in [0.4, 0.5) is 0 Å². The topological polar surface area (TPSA) is 71.6 Å². The first-order valence-corrected chi connectivity index (χ1v) is 5.80. The van der Waals surface area contributed by atoms with E-state index in [-0.39, 0.29) is 18.5 Å². The van der Waals surface area contributed by atoms with Crippen LogP contribution in [0.3, 0.4) is 0 Å². The molecule has 0 heterocycles. The number of carbonyl (C=O) groups excluding carboxylic acids is 1. The zero-order chi connectivity index (χ0) is 13.1. The van der Waals surface area contributed by atoms with Gasteiger partial charge in [-0.15, -0.1) is 0 Å². The van der Waals surface area contributed by atoms with E-state index in [2.05, 4.69) is 16.0 Å². The number of nitrogens with one attached hydrogen (secondary N) is 3. The van der Waals surface area contributed by atoms with Crippen molar-refractivity contribution in [3.63, 3.8) is 0 Å². The maximum absolute atomic E-state index is 11.3. The summed E-state index contributed by atoms with van der Waals surface area (Å²) in [7, 11) is 3.21. The highest BCUT2D eigenvalue weighted by atomic mass is 32.1. The predicted molar refractivity (Wildman–Crippen MR) is 70.0 cm³/mol. The van der Waals surface area contributed by atoms with Gasteiger partial charge in [-0.05, 0) is 19.1 Å². The number of hydrogen-bond acceptors (Lipinski definition) is 4. The highest BCUT2D eigenvalue weighted by molar-refractivity contribution is 7.80. The lowest BCUT2D eigenvalue weighted by Crippen LogP contribution is -2.46. The van der Waals surface area contributed by atoms with Gasteiger partial charge < -0.3 is 25.4 Å². The molecule has 17 heavy (non-hydrogen) atoms. The van der Waals surface area contributed by atoms with Crippen LogP contribution in [0.15, 0.2) is 0 Å². The van der Waals surface area contributed by atoms with E-state index in [1.807, 2.05) is 6.92 Å². The summed E-state index contributed by atoms with van der Waals surface area (Å²) in [5.74, 6) is -0.120. The molecule has 0 radical (unpaired) electrons. The van der Waals surface area contributed by atoms with Crippen molar-refractivity contribution in [2.45, 2.75) is 13.0 Å². The molecule has 0 aromatic rings. The Morgan fingerprint density at radius 2 is 2.00 bits per heavy atom. The molecular formula is C10H21N3O3S. The molecule has 0 spiro atoms. The quantitative estimate of drug-likeness (QED) is 0.395. The normalized spacial score (nSPS) is 11.7. The van der Waals surface area contributed by atoms with Crippen LogP contribution in [0.25, 0.3) is 0 Å². The lowest BCUT2D eigenvalue weighted by atomic mass is 10.4. The average Bonchev–Trinajstić information content (AvgIpc) is 2.27. The molecule has 0 saturated heterocycles. The third kappa shape index (κ3) is 9.98. The van der Waals surface area contributed by atoms with Crippen molar-refractivity contribution in [2.75, 3.05) is 40.5 Å². The minimum absolute atomic E-state index is 0.108. The molecule has 0 aliphatic heterocycles. The van der Waals surface area contributed by atoms with E-state index in [9.17, 15) is 4.79 Å². The third-order valence-electron chi connectivity index (χ3n) is 1.83. The molecule has 0 aliphatic carbocycles. The lowest BCUT2D eigenvalue weighted by Gasteiger charge is -2.15. The fourth-order valence-corrected chi connectivity index (χ4v) is 1.36. The van der Waals surface area contributed by atoms with Crippen molar-refractivity contribution in [1.29, 1.82) is 0 Å². The Hall–Kier alpha value is -0.920. The Bertz CT molecular complexity index is 239. The first-order chi connectivity index (χ1) is 8.10. The average molecular weight is 263 g/mol. The first kappa shape index (κ1) is 16.1. The van der Waals surface area contributed by atoms with E-state index in [0.29, 0.717) is 24.9 Å². The van der Waals surface area contributed by atoms with Crippen LogP contribution in [0.5, 0.6) is 0 Å². The van der Waals surface area contributed by atoms with Gasteiger partial charge in [0.1, 0.15) is 0 Å². The lowest BCUT2D eigenvalue weighted by molar-refractivity contribution is -0.120. The van der Waals surface area contributed by atoms with Crippen LogP contribution in [-0.4, -0.2) is 57.6 Å². The summed E-state index contributed by atoms with van der Waals surface area (Å²) in [6.45, 7) is 3.64. The van der Waals surface area contributed by atoms with Gasteiger partial charge in [-0.2, -0.15) is 0 Å². The number of methoxy groups -OCH3 is 2. The molecule has 0 rings (SSSR count). The number of rotatable bonds is 8. The Kier molecular flexibility index (Phi) is 9.69. The van der Waals surface area contributed by atoms with Crippen LogP contribution in [0, 0.1) is 0 Å². The van der Waals surface area contributed by atoms with Gasteiger partial charge in [0, 0.05) is 26.8 Å². The van der Waals surface area contributed by atoms with E-state index >= 15 is 0 Å². The van der Waals surface area contributed by atoms with E-state index in [1.165, 1.54) is 0 Å². The monoisotopic (exact) mass is 263 g/mol. The number of amides is 1. The number of hydrogen-bond donors (Lipinski definition) is 3. The molecule has 0 aliphatic rings. The van der Waals surface area contributed by atoms with Crippen LogP contribution in [-0.2, 0) is 14.3 Å². The van der Waals surface area contributed by atoms with E-state index in [0.717, 1.165) is 0 Å². The van der Waals surface area contributed by atoms with Crippen molar-refractivity contribution < 1.29 is 14.3 Å². The van der Waals surface area contributed by atoms with Gasteiger partial charge in [-0.3, -0.25) is 4.79 Å². The molecule has 0 saturated carbocycles. The fourth-order valence-electron chi connectivity index (χ4n) is 1.08. The second-order valence-corrected chi connectivity index (χ2v) is 3.93. The van der Waals surface area contributed by atoms with Gasteiger partial charge in [-0.1, -0.05) is 0 Å². The van der Waals surface area contributed by atoms with Gasteiger partial charge in [-0.25, -0.2) is 0 Å². The Morgan fingerprint density at radius 3 is 2.59 bits per heavy atom. The van der Waals surface area contributed by atoms with Crippen LogP contribution in [0.2, 0.25) is 0 Å². The van der Waals surface area contributed by atoms with E-state index < -0.39 is 0 Å². The molecule has 6 nitrogen and oxygen atoms in total. The summed E-state index contributed by atoms with van der Waals surface area (Å²) in [6.07, 6.45) is 0. The maximum Gasteiger partial charge on any atom is 0.239 e. The van der Waals surface area contributed by atoms with Crippen LogP contribution < -0.4 is 16.0 Å². The Labute approximate surface area is 107 Å². The highest BCUT2D eigenvalue weighted by Crippen LogP contribution is 1.82. The second kappa shape index (κ2) is 10.2. The summed E-state index contributed by atoms with van der Waals surface area (Å²) in [5.41, 5.74) is 0. The van der Waals surface area contributed by atoms with Gasteiger partial charge in [0.2, 0.25) is 5.91 Å². The molecule has 0 aromatic carbocycles. The molecule has 0 fully saturated rings. The van der Waals surface area contributed by atoms with Crippen molar-refractivity contribution in [2.24, 2.45) is 0 Å². The SMILES string of the molecule is COCCNC(=O)CNC(=S)NC(C)COC. The molecular weight excluding hydrogens is 242 g/mol. The van der Waals surface area contributed by atoms with Crippen molar-refractivity contribution in [3.8, 4) is 0 Å². The van der Waals surface area contributed by atoms with Gasteiger partial charge in [0.15, 0.2) is 5.11 Å². The van der Waals surface area contributed by atoms with Crippen LogP contribution in [0.1, 0.15) is 6.92 Å². The molecule has 0 bridgehead atoms. The zero-order valence-corrected chi connectivity index (χ0v) is 11.4. The predicted octanol–water partition coefficient (Wildman–Crippen LogP) is -0.752. The Balaban J connectivity index is 3.58. The van der Waals surface area contributed by atoms with Gasteiger partial charge in [0.05, 0.1) is 19.8 Å². The Morgan fingerprint density at radius 1 is 1.29 bits per heavy atom. The third-order valence-corrected chi connectivity index (χ3v) is 2.09. The van der Waals surface area contributed by atoms with Crippen molar-refractivity contribution >= 4 is 23.2 Å². The maximum atomic E-state index is 11.3. The first-order valence-electron chi connectivity index (χ1n) is 5.39.